The zero-order chi connectivity index (χ0) is 21.4. The van der Waals surface area contributed by atoms with Crippen LogP contribution in [-0.2, 0) is 11.3 Å². The number of nitriles is 1. The summed E-state index contributed by atoms with van der Waals surface area (Å²) in [6.45, 7) is 5.85. The summed E-state index contributed by atoms with van der Waals surface area (Å²) in [5, 5.41) is 20.1. The number of hydrogen-bond donors (Lipinski definition) is 1. The second-order valence-corrected chi connectivity index (χ2v) is 7.64. The van der Waals surface area contributed by atoms with Gasteiger partial charge in [-0.2, -0.15) is 5.26 Å². The normalized spacial score (nSPS) is 18.4. The fourth-order valence-corrected chi connectivity index (χ4v) is 4.33. The molecule has 0 spiro atoms. The van der Waals surface area contributed by atoms with Gasteiger partial charge in [0, 0.05) is 37.3 Å². The molecule has 2 aliphatic rings. The van der Waals surface area contributed by atoms with Gasteiger partial charge in [-0.15, -0.1) is 0 Å². The lowest BCUT2D eigenvalue weighted by Crippen LogP contribution is -2.55. The van der Waals surface area contributed by atoms with E-state index >= 15 is 0 Å². The number of aromatic hydroxyl groups is 1. The number of nitrogens with zero attached hydrogens (tertiary/aromatic N) is 3. The fraction of sp³-hybridized carbons (Fsp3) is 0.273. The summed E-state index contributed by atoms with van der Waals surface area (Å²) in [4.78, 5) is 15.9. The number of benzene rings is 2. The molecule has 0 radical (unpaired) electrons. The number of piperazine rings is 1. The van der Waals surface area contributed by atoms with Gasteiger partial charge < -0.3 is 14.7 Å². The van der Waals surface area contributed by atoms with E-state index in [1.54, 1.807) is 4.90 Å². The molecule has 1 N–H and O–H groups in total. The summed E-state index contributed by atoms with van der Waals surface area (Å²) < 4.78 is 20.5. The summed E-state index contributed by atoms with van der Waals surface area (Å²) in [6.07, 6.45) is 1.29. The number of halogens is 2. The largest absolute Gasteiger partial charge is 0.507 e. The predicted molar refractivity (Wildman–Crippen MR) is 110 cm³/mol. The van der Waals surface area contributed by atoms with E-state index < -0.39 is 5.82 Å². The molecule has 1 amide bonds. The highest BCUT2D eigenvalue weighted by molar-refractivity contribution is 6.35. The van der Waals surface area contributed by atoms with Gasteiger partial charge in [0.2, 0.25) is 5.91 Å². The highest BCUT2D eigenvalue weighted by Gasteiger charge is 2.34. The number of phenols is 1. The lowest BCUT2D eigenvalue weighted by Gasteiger charge is -2.39. The first-order valence-corrected chi connectivity index (χ1v) is 9.84. The summed E-state index contributed by atoms with van der Waals surface area (Å²) in [5.41, 5.74) is 1.05. The quantitative estimate of drug-likeness (QED) is 0.744. The third kappa shape index (κ3) is 3.38. The highest BCUT2D eigenvalue weighted by atomic mass is 35.5. The number of hydrogen-bond acceptors (Lipinski definition) is 5. The van der Waals surface area contributed by atoms with Gasteiger partial charge in [-0.1, -0.05) is 24.2 Å². The van der Waals surface area contributed by atoms with Gasteiger partial charge in [-0.05, 0) is 24.3 Å². The molecular weight excluding hydrogens is 409 g/mol. The molecule has 0 aliphatic carbocycles. The molecule has 1 unspecified atom stereocenters. The minimum absolute atomic E-state index is 0.0740. The minimum atomic E-state index is -0.648. The van der Waals surface area contributed by atoms with E-state index in [1.807, 2.05) is 0 Å². The second-order valence-electron chi connectivity index (χ2n) is 7.26. The maximum atomic E-state index is 14.5. The number of ether oxygens (including phenoxy) is 1. The van der Waals surface area contributed by atoms with Crippen molar-refractivity contribution in [3.05, 3.63) is 58.9 Å². The molecule has 0 saturated carbocycles. The maximum Gasteiger partial charge on any atom is 0.246 e. The van der Waals surface area contributed by atoms with Crippen molar-refractivity contribution in [2.45, 2.75) is 12.6 Å². The van der Waals surface area contributed by atoms with Gasteiger partial charge in [-0.25, -0.2) is 4.39 Å². The van der Waals surface area contributed by atoms with E-state index in [1.165, 1.54) is 30.3 Å². The van der Waals surface area contributed by atoms with Crippen LogP contribution in [0.5, 0.6) is 11.5 Å². The standard InChI is InChI=1S/C22H19ClFN3O3/c1-2-19(29)27-7-6-26-11-16-13(9-25)8-15(20-17(24)4-3-5-18(20)28)21(23)22(16)30-12-14(26)10-27/h2-5,8,14,28H,1,6-7,10-12H2. The molecule has 30 heavy (non-hydrogen) atoms. The predicted octanol–water partition coefficient (Wildman–Crippen LogP) is 3.31. The Bertz CT molecular complexity index is 1060. The fourth-order valence-electron chi connectivity index (χ4n) is 4.01. The van der Waals surface area contributed by atoms with Crippen molar-refractivity contribution >= 4 is 17.5 Å². The zero-order valence-corrected chi connectivity index (χ0v) is 16.8. The van der Waals surface area contributed by atoms with E-state index in [0.717, 1.165) is 0 Å². The molecule has 6 nitrogen and oxygen atoms in total. The van der Waals surface area contributed by atoms with Gasteiger partial charge >= 0.3 is 0 Å². The SMILES string of the molecule is C=CC(=O)N1CCN2Cc3c(C#N)cc(-c4c(O)cccc4F)c(Cl)c3OCC2C1. The van der Waals surface area contributed by atoms with Gasteiger partial charge in [0.25, 0.3) is 0 Å². The van der Waals surface area contributed by atoms with Crippen LogP contribution < -0.4 is 4.74 Å². The first kappa shape index (κ1) is 20.2. The molecule has 1 fully saturated rings. The Morgan fingerprint density at radius 2 is 2.23 bits per heavy atom. The van der Waals surface area contributed by atoms with Gasteiger partial charge in [0.15, 0.2) is 0 Å². The van der Waals surface area contributed by atoms with E-state index in [4.69, 9.17) is 16.3 Å². The summed E-state index contributed by atoms with van der Waals surface area (Å²) in [7, 11) is 0. The zero-order valence-electron chi connectivity index (χ0n) is 16.1. The van der Waals surface area contributed by atoms with Crippen LogP contribution in [0.1, 0.15) is 11.1 Å². The minimum Gasteiger partial charge on any atom is -0.507 e. The van der Waals surface area contributed by atoms with Crippen LogP contribution in [0.3, 0.4) is 0 Å². The van der Waals surface area contributed by atoms with E-state index in [2.05, 4.69) is 17.5 Å². The molecule has 154 valence electrons. The summed E-state index contributed by atoms with van der Waals surface area (Å²) in [6, 6.07) is 7.52. The third-order valence-electron chi connectivity index (χ3n) is 5.58. The van der Waals surface area contributed by atoms with Gasteiger partial charge in [0.05, 0.1) is 28.3 Å². The van der Waals surface area contributed by atoms with Crippen molar-refractivity contribution in [2.24, 2.45) is 0 Å². The molecular formula is C22H19ClFN3O3. The molecule has 1 atom stereocenters. The molecule has 2 aromatic rings. The van der Waals surface area contributed by atoms with Crippen LogP contribution in [0.2, 0.25) is 5.02 Å². The van der Waals surface area contributed by atoms with Crippen LogP contribution in [0.15, 0.2) is 36.9 Å². The molecule has 4 rings (SSSR count). The lowest BCUT2D eigenvalue weighted by atomic mass is 9.96. The Morgan fingerprint density at radius 3 is 2.93 bits per heavy atom. The number of amides is 1. The lowest BCUT2D eigenvalue weighted by molar-refractivity contribution is -0.129. The first-order chi connectivity index (χ1) is 14.4. The molecule has 2 heterocycles. The Hall–Kier alpha value is -3.08. The van der Waals surface area contributed by atoms with Crippen molar-refractivity contribution in [1.82, 2.24) is 9.80 Å². The van der Waals surface area contributed by atoms with E-state index in [9.17, 15) is 19.6 Å². The van der Waals surface area contributed by atoms with Crippen molar-refractivity contribution in [3.8, 4) is 28.7 Å². The average Bonchev–Trinajstić information content (AvgIpc) is 2.94. The van der Waals surface area contributed by atoms with Crippen LogP contribution in [0, 0.1) is 17.1 Å². The Morgan fingerprint density at radius 1 is 1.43 bits per heavy atom. The molecule has 0 bridgehead atoms. The number of phenolic OH excluding ortho intramolecular Hbond substituents is 1. The van der Waals surface area contributed by atoms with Crippen LogP contribution in [0.25, 0.3) is 11.1 Å². The molecule has 1 saturated heterocycles. The van der Waals surface area contributed by atoms with Crippen molar-refractivity contribution in [3.63, 3.8) is 0 Å². The molecule has 0 aromatic heterocycles. The van der Waals surface area contributed by atoms with Crippen molar-refractivity contribution in [2.75, 3.05) is 26.2 Å². The number of rotatable bonds is 2. The van der Waals surface area contributed by atoms with E-state index in [-0.39, 0.29) is 40.5 Å². The molecule has 2 aromatic carbocycles. The monoisotopic (exact) mass is 427 g/mol. The number of carbonyl (C=O) groups is 1. The van der Waals surface area contributed by atoms with Crippen LogP contribution in [-0.4, -0.2) is 53.1 Å². The smallest absolute Gasteiger partial charge is 0.246 e. The van der Waals surface area contributed by atoms with Crippen LogP contribution in [0.4, 0.5) is 4.39 Å². The third-order valence-corrected chi connectivity index (χ3v) is 5.95. The van der Waals surface area contributed by atoms with Gasteiger partial charge in [0.1, 0.15) is 23.9 Å². The average molecular weight is 428 g/mol. The molecule has 2 aliphatic heterocycles. The summed E-state index contributed by atoms with van der Waals surface area (Å²) >= 11 is 6.60. The highest BCUT2D eigenvalue weighted by Crippen LogP contribution is 2.45. The van der Waals surface area contributed by atoms with Crippen LogP contribution >= 0.6 is 11.6 Å². The number of fused-ring (bicyclic) bond motifs is 2. The Kier molecular flexibility index (Phi) is 5.37. The maximum absolute atomic E-state index is 14.5. The Labute approximate surface area is 178 Å². The molecule has 8 heteroatoms. The first-order valence-electron chi connectivity index (χ1n) is 9.46. The second kappa shape index (κ2) is 7.98. The topological polar surface area (TPSA) is 76.8 Å². The number of carbonyl (C=O) groups excluding carboxylic acids is 1. The van der Waals surface area contributed by atoms with Gasteiger partial charge in [-0.3, -0.25) is 9.69 Å². The summed E-state index contributed by atoms with van der Waals surface area (Å²) in [5.74, 6) is -0.746. The van der Waals surface area contributed by atoms with Crippen molar-refractivity contribution in [1.29, 1.82) is 5.26 Å². The van der Waals surface area contributed by atoms with E-state index in [0.29, 0.717) is 43.1 Å². The Balaban J connectivity index is 1.76. The van der Waals surface area contributed by atoms with Crippen molar-refractivity contribution < 1.29 is 19.0 Å².